The number of pyridine rings is 1. The highest BCUT2D eigenvalue weighted by Crippen LogP contribution is 2.22. The molecule has 0 aromatic carbocycles. The Morgan fingerprint density at radius 2 is 2.11 bits per heavy atom. The maximum absolute atomic E-state index is 6.20. The van der Waals surface area contributed by atoms with E-state index in [0.717, 1.165) is 24.4 Å². The third kappa shape index (κ3) is 2.20. The first kappa shape index (κ1) is 11.5. The molecule has 1 aliphatic rings. The van der Waals surface area contributed by atoms with Gasteiger partial charge in [0.2, 0.25) is 0 Å². The zero-order valence-corrected chi connectivity index (χ0v) is 10.5. The topological polar surface area (TPSA) is 52.5 Å². The number of nitrogens with two attached hydrogens (primary N) is 1. The van der Waals surface area contributed by atoms with E-state index in [-0.39, 0.29) is 12.1 Å². The Bertz CT molecular complexity index is 522. The summed E-state index contributed by atoms with van der Waals surface area (Å²) in [5.41, 5.74) is 7.11. The summed E-state index contributed by atoms with van der Waals surface area (Å²) in [6.45, 7) is 0. The third-order valence-corrected chi connectivity index (χ3v) is 3.67. The molecule has 4 heteroatoms. The maximum atomic E-state index is 6.20. The molecule has 0 bridgehead atoms. The molecule has 2 aromatic heterocycles. The molecule has 2 N–H and O–H groups in total. The lowest BCUT2D eigenvalue weighted by Crippen LogP contribution is -2.38. The third-order valence-electron chi connectivity index (χ3n) is 3.67. The number of hydrogen-bond donors (Lipinski definition) is 1. The van der Waals surface area contributed by atoms with Crippen LogP contribution in [0, 0.1) is 0 Å². The number of fused-ring (bicyclic) bond motifs is 1. The summed E-state index contributed by atoms with van der Waals surface area (Å²) in [6.07, 6.45) is 9.64. The van der Waals surface area contributed by atoms with Crippen LogP contribution in [0.5, 0.6) is 5.88 Å². The summed E-state index contributed by atoms with van der Waals surface area (Å²) in [5.74, 6) is 0.840. The Balaban J connectivity index is 1.84. The van der Waals surface area contributed by atoms with Gasteiger partial charge in [0, 0.05) is 18.4 Å². The minimum atomic E-state index is 0.125. The zero-order valence-electron chi connectivity index (χ0n) is 10.5. The first-order valence-corrected chi connectivity index (χ1v) is 6.69. The largest absolute Gasteiger partial charge is 0.474 e. The molecule has 1 aliphatic carbocycles. The van der Waals surface area contributed by atoms with Gasteiger partial charge in [0.1, 0.15) is 11.8 Å². The van der Waals surface area contributed by atoms with Gasteiger partial charge in [0.15, 0.2) is 5.88 Å². The summed E-state index contributed by atoms with van der Waals surface area (Å²) < 4.78 is 8.09. The first-order chi connectivity index (χ1) is 8.84. The molecule has 1 saturated carbocycles. The van der Waals surface area contributed by atoms with Crippen molar-refractivity contribution in [2.24, 2.45) is 5.73 Å². The number of imidazole rings is 1. The Kier molecular flexibility index (Phi) is 3.19. The van der Waals surface area contributed by atoms with E-state index in [4.69, 9.17) is 10.5 Å². The summed E-state index contributed by atoms with van der Waals surface area (Å²) in [4.78, 5) is 4.26. The normalized spacial score (nSPS) is 24.9. The SMILES string of the molecule is NC1CCCCCC1Oc1cccc2nccn12. The maximum Gasteiger partial charge on any atom is 0.199 e. The highest BCUT2D eigenvalue weighted by molar-refractivity contribution is 5.41. The number of nitrogens with zero attached hydrogens (tertiary/aromatic N) is 2. The van der Waals surface area contributed by atoms with E-state index in [0.29, 0.717) is 0 Å². The molecule has 0 spiro atoms. The molecule has 2 heterocycles. The van der Waals surface area contributed by atoms with Crippen molar-refractivity contribution in [3.05, 3.63) is 30.6 Å². The molecule has 2 aromatic rings. The van der Waals surface area contributed by atoms with Crippen LogP contribution in [0.3, 0.4) is 0 Å². The summed E-state index contributed by atoms with van der Waals surface area (Å²) >= 11 is 0. The van der Waals surface area contributed by atoms with Crippen molar-refractivity contribution in [3.63, 3.8) is 0 Å². The predicted molar refractivity (Wildman–Crippen MR) is 70.7 cm³/mol. The van der Waals surface area contributed by atoms with E-state index in [2.05, 4.69) is 4.98 Å². The smallest absolute Gasteiger partial charge is 0.199 e. The van der Waals surface area contributed by atoms with E-state index >= 15 is 0 Å². The number of ether oxygens (including phenoxy) is 1. The van der Waals surface area contributed by atoms with Crippen LogP contribution in [0.2, 0.25) is 0 Å². The van der Waals surface area contributed by atoms with Gasteiger partial charge in [0.05, 0.1) is 0 Å². The average Bonchev–Trinajstić information content (AvgIpc) is 2.77. The van der Waals surface area contributed by atoms with Gasteiger partial charge in [-0.25, -0.2) is 4.98 Å². The molecule has 2 unspecified atom stereocenters. The molecule has 0 radical (unpaired) electrons. The minimum absolute atomic E-state index is 0.125. The molecule has 96 valence electrons. The molecule has 4 nitrogen and oxygen atoms in total. The zero-order chi connectivity index (χ0) is 12.4. The fourth-order valence-corrected chi connectivity index (χ4v) is 2.62. The second-order valence-electron chi connectivity index (χ2n) is 4.98. The lowest BCUT2D eigenvalue weighted by atomic mass is 10.1. The van der Waals surface area contributed by atoms with Crippen LogP contribution in [0.1, 0.15) is 32.1 Å². The van der Waals surface area contributed by atoms with Crippen molar-refractivity contribution in [1.82, 2.24) is 9.38 Å². The van der Waals surface area contributed by atoms with E-state index < -0.39 is 0 Å². The van der Waals surface area contributed by atoms with Crippen molar-refractivity contribution in [1.29, 1.82) is 0 Å². The minimum Gasteiger partial charge on any atom is -0.474 e. The second-order valence-corrected chi connectivity index (χ2v) is 4.98. The quantitative estimate of drug-likeness (QED) is 0.826. The van der Waals surface area contributed by atoms with Gasteiger partial charge < -0.3 is 10.5 Å². The van der Waals surface area contributed by atoms with Crippen LogP contribution in [0.15, 0.2) is 30.6 Å². The Labute approximate surface area is 107 Å². The Morgan fingerprint density at radius 1 is 1.22 bits per heavy atom. The van der Waals surface area contributed by atoms with Gasteiger partial charge >= 0.3 is 0 Å². The number of rotatable bonds is 2. The van der Waals surface area contributed by atoms with Crippen molar-refractivity contribution >= 4 is 5.65 Å². The van der Waals surface area contributed by atoms with Gasteiger partial charge in [-0.1, -0.05) is 18.9 Å². The summed E-state index contributed by atoms with van der Waals surface area (Å²) in [7, 11) is 0. The summed E-state index contributed by atoms with van der Waals surface area (Å²) in [6, 6.07) is 6.07. The highest BCUT2D eigenvalue weighted by atomic mass is 16.5. The van der Waals surface area contributed by atoms with Crippen LogP contribution >= 0.6 is 0 Å². The molecule has 3 rings (SSSR count). The second kappa shape index (κ2) is 4.98. The molecule has 0 aliphatic heterocycles. The van der Waals surface area contributed by atoms with E-state index in [1.165, 1.54) is 19.3 Å². The molecule has 18 heavy (non-hydrogen) atoms. The highest BCUT2D eigenvalue weighted by Gasteiger charge is 2.22. The number of hydrogen-bond acceptors (Lipinski definition) is 3. The lowest BCUT2D eigenvalue weighted by molar-refractivity contribution is 0.154. The van der Waals surface area contributed by atoms with Crippen molar-refractivity contribution in [3.8, 4) is 5.88 Å². The van der Waals surface area contributed by atoms with Gasteiger partial charge in [-0.15, -0.1) is 0 Å². The Morgan fingerprint density at radius 3 is 3.06 bits per heavy atom. The fourth-order valence-electron chi connectivity index (χ4n) is 2.62. The van der Waals surface area contributed by atoms with Crippen LogP contribution < -0.4 is 10.5 Å². The Hall–Kier alpha value is -1.55. The van der Waals surface area contributed by atoms with Gasteiger partial charge in [-0.2, -0.15) is 0 Å². The van der Waals surface area contributed by atoms with Crippen molar-refractivity contribution in [2.45, 2.75) is 44.2 Å². The van der Waals surface area contributed by atoms with E-state index in [9.17, 15) is 0 Å². The monoisotopic (exact) mass is 245 g/mol. The van der Waals surface area contributed by atoms with Crippen LogP contribution in [0.4, 0.5) is 0 Å². The lowest BCUT2D eigenvalue weighted by Gasteiger charge is -2.23. The van der Waals surface area contributed by atoms with Crippen molar-refractivity contribution < 1.29 is 4.74 Å². The van der Waals surface area contributed by atoms with E-state index in [1.807, 2.05) is 28.8 Å². The van der Waals surface area contributed by atoms with Gasteiger partial charge in [-0.3, -0.25) is 4.40 Å². The molecule has 0 amide bonds. The van der Waals surface area contributed by atoms with Gasteiger partial charge in [0.25, 0.3) is 0 Å². The molecular formula is C14H19N3O. The molecule has 2 atom stereocenters. The predicted octanol–water partition coefficient (Wildman–Crippen LogP) is 2.37. The van der Waals surface area contributed by atoms with Crippen LogP contribution in [-0.2, 0) is 0 Å². The number of aromatic nitrogens is 2. The fraction of sp³-hybridized carbons (Fsp3) is 0.500. The molecular weight excluding hydrogens is 226 g/mol. The van der Waals surface area contributed by atoms with Crippen molar-refractivity contribution in [2.75, 3.05) is 0 Å². The van der Waals surface area contributed by atoms with Crippen LogP contribution in [-0.4, -0.2) is 21.5 Å². The standard InChI is InChI=1S/C14H19N3O/c15-11-5-2-1-3-6-12(11)18-14-8-4-7-13-16-9-10-17(13)14/h4,7-12H,1-3,5-6,15H2. The average molecular weight is 245 g/mol. The van der Waals surface area contributed by atoms with Crippen LogP contribution in [0.25, 0.3) is 5.65 Å². The summed E-state index contributed by atoms with van der Waals surface area (Å²) in [5, 5.41) is 0. The molecule has 0 saturated heterocycles. The van der Waals surface area contributed by atoms with Gasteiger partial charge in [-0.05, 0) is 31.4 Å². The van der Waals surface area contributed by atoms with E-state index in [1.54, 1.807) is 6.20 Å². The first-order valence-electron chi connectivity index (χ1n) is 6.69. The molecule has 1 fully saturated rings.